The minimum absolute atomic E-state index is 0.0760. The monoisotopic (exact) mass is 316 g/mol. The molecule has 0 fully saturated rings. The first-order chi connectivity index (χ1) is 10.7. The first kappa shape index (κ1) is 16.0. The summed E-state index contributed by atoms with van der Waals surface area (Å²) in [5.41, 5.74) is 1.75. The van der Waals surface area contributed by atoms with Crippen molar-refractivity contribution in [3.8, 4) is 0 Å². The van der Waals surface area contributed by atoms with Gasteiger partial charge in [-0.1, -0.05) is 18.2 Å². The van der Waals surface area contributed by atoms with E-state index in [1.165, 1.54) is 4.88 Å². The Balaban J connectivity index is 1.84. The van der Waals surface area contributed by atoms with Crippen LogP contribution in [0.1, 0.15) is 20.8 Å². The number of thiophene rings is 1. The smallest absolute Gasteiger partial charge is 0.251 e. The third-order valence-electron chi connectivity index (χ3n) is 3.14. The summed E-state index contributed by atoms with van der Waals surface area (Å²) >= 11 is 1.71. The van der Waals surface area contributed by atoms with E-state index in [9.17, 15) is 4.79 Å². The molecule has 0 aliphatic rings. The predicted octanol–water partition coefficient (Wildman–Crippen LogP) is 1.97. The Kier molecular flexibility index (Phi) is 5.97. The molecule has 3 N–H and O–H groups in total. The SMILES string of the molecule is CN=C(NCc1ccc(C(=O)NC)cc1)NCc1cccs1. The zero-order valence-corrected chi connectivity index (χ0v) is 13.5. The van der Waals surface area contributed by atoms with Crippen LogP contribution in [0.3, 0.4) is 0 Å². The molecule has 0 aliphatic carbocycles. The van der Waals surface area contributed by atoms with Gasteiger partial charge in [-0.15, -0.1) is 11.3 Å². The maximum atomic E-state index is 11.5. The van der Waals surface area contributed by atoms with Crippen molar-refractivity contribution in [2.75, 3.05) is 14.1 Å². The number of nitrogens with one attached hydrogen (secondary N) is 3. The normalized spacial score (nSPS) is 11.1. The van der Waals surface area contributed by atoms with Crippen molar-refractivity contribution < 1.29 is 4.79 Å². The lowest BCUT2D eigenvalue weighted by Crippen LogP contribution is -2.36. The molecule has 2 aromatic rings. The number of amides is 1. The number of guanidine groups is 1. The van der Waals surface area contributed by atoms with Gasteiger partial charge in [-0.05, 0) is 29.1 Å². The predicted molar refractivity (Wildman–Crippen MR) is 91.2 cm³/mol. The largest absolute Gasteiger partial charge is 0.355 e. The molecule has 0 spiro atoms. The molecule has 0 unspecified atom stereocenters. The highest BCUT2D eigenvalue weighted by atomic mass is 32.1. The molecule has 116 valence electrons. The van der Waals surface area contributed by atoms with E-state index < -0.39 is 0 Å². The van der Waals surface area contributed by atoms with Gasteiger partial charge in [-0.25, -0.2) is 0 Å². The Morgan fingerprint density at radius 3 is 2.45 bits per heavy atom. The summed E-state index contributed by atoms with van der Waals surface area (Å²) in [7, 11) is 3.37. The number of aliphatic imine (C=N–C) groups is 1. The van der Waals surface area contributed by atoms with Crippen molar-refractivity contribution in [1.82, 2.24) is 16.0 Å². The van der Waals surface area contributed by atoms with E-state index >= 15 is 0 Å². The molecule has 1 amide bonds. The summed E-state index contributed by atoms with van der Waals surface area (Å²) in [6.07, 6.45) is 0. The number of benzene rings is 1. The van der Waals surface area contributed by atoms with Crippen molar-refractivity contribution in [1.29, 1.82) is 0 Å². The van der Waals surface area contributed by atoms with Gasteiger partial charge in [0, 0.05) is 31.1 Å². The zero-order valence-electron chi connectivity index (χ0n) is 12.7. The van der Waals surface area contributed by atoms with Gasteiger partial charge >= 0.3 is 0 Å². The fraction of sp³-hybridized carbons (Fsp3) is 0.250. The molecule has 5 nitrogen and oxygen atoms in total. The molecule has 1 heterocycles. The van der Waals surface area contributed by atoms with Gasteiger partial charge in [-0.2, -0.15) is 0 Å². The fourth-order valence-corrected chi connectivity index (χ4v) is 2.55. The van der Waals surface area contributed by atoms with Crippen LogP contribution in [0.25, 0.3) is 0 Å². The van der Waals surface area contributed by atoms with Gasteiger partial charge < -0.3 is 16.0 Å². The van der Waals surface area contributed by atoms with Crippen LogP contribution in [0.4, 0.5) is 0 Å². The molecule has 2 rings (SSSR count). The molecule has 0 radical (unpaired) electrons. The van der Waals surface area contributed by atoms with E-state index in [0.29, 0.717) is 12.1 Å². The highest BCUT2D eigenvalue weighted by Crippen LogP contribution is 2.07. The maximum absolute atomic E-state index is 11.5. The average molecular weight is 316 g/mol. The van der Waals surface area contributed by atoms with Crippen molar-refractivity contribution in [3.63, 3.8) is 0 Å². The molecule has 6 heteroatoms. The number of nitrogens with zero attached hydrogens (tertiary/aromatic N) is 1. The molecule has 1 aromatic heterocycles. The second-order valence-electron chi connectivity index (χ2n) is 4.63. The van der Waals surface area contributed by atoms with Crippen LogP contribution in [-0.4, -0.2) is 26.0 Å². The molecular formula is C16H20N4OS. The van der Waals surface area contributed by atoms with Gasteiger partial charge in [0.15, 0.2) is 5.96 Å². The highest BCUT2D eigenvalue weighted by Gasteiger charge is 2.03. The summed E-state index contributed by atoms with van der Waals surface area (Å²) in [5.74, 6) is 0.678. The highest BCUT2D eigenvalue weighted by molar-refractivity contribution is 7.09. The van der Waals surface area contributed by atoms with Crippen LogP contribution in [-0.2, 0) is 13.1 Å². The number of carbonyl (C=O) groups is 1. The Hall–Kier alpha value is -2.34. The summed E-state index contributed by atoms with van der Waals surface area (Å²) in [6.45, 7) is 1.41. The Labute approximate surface area is 134 Å². The second-order valence-corrected chi connectivity index (χ2v) is 5.67. The van der Waals surface area contributed by atoms with Crippen molar-refractivity contribution >= 4 is 23.2 Å². The van der Waals surface area contributed by atoms with E-state index in [1.54, 1.807) is 25.4 Å². The van der Waals surface area contributed by atoms with E-state index in [0.717, 1.165) is 18.1 Å². The second kappa shape index (κ2) is 8.19. The number of hydrogen-bond donors (Lipinski definition) is 3. The lowest BCUT2D eigenvalue weighted by Gasteiger charge is -2.11. The third-order valence-corrected chi connectivity index (χ3v) is 4.01. The molecule has 0 saturated carbocycles. The van der Waals surface area contributed by atoms with Crippen LogP contribution in [0.2, 0.25) is 0 Å². The van der Waals surface area contributed by atoms with E-state index in [2.05, 4.69) is 32.4 Å². The van der Waals surface area contributed by atoms with Crippen LogP contribution >= 0.6 is 11.3 Å². The number of carbonyl (C=O) groups excluding carboxylic acids is 1. The van der Waals surface area contributed by atoms with Crippen molar-refractivity contribution in [3.05, 3.63) is 57.8 Å². The Morgan fingerprint density at radius 1 is 1.14 bits per heavy atom. The average Bonchev–Trinajstić information content (AvgIpc) is 3.08. The minimum atomic E-state index is -0.0760. The van der Waals surface area contributed by atoms with Gasteiger partial charge in [0.1, 0.15) is 0 Å². The van der Waals surface area contributed by atoms with E-state index in [1.807, 2.05) is 30.3 Å². The number of hydrogen-bond acceptors (Lipinski definition) is 3. The van der Waals surface area contributed by atoms with Crippen LogP contribution in [0.5, 0.6) is 0 Å². The summed E-state index contributed by atoms with van der Waals surface area (Å²) < 4.78 is 0. The van der Waals surface area contributed by atoms with Crippen LogP contribution in [0, 0.1) is 0 Å². The van der Waals surface area contributed by atoms with Gasteiger partial charge in [0.05, 0.1) is 6.54 Å². The summed E-state index contributed by atoms with van der Waals surface area (Å²) in [4.78, 5) is 16.9. The molecule has 0 saturated heterocycles. The molecule has 0 atom stereocenters. The molecule has 0 bridgehead atoms. The lowest BCUT2D eigenvalue weighted by atomic mass is 10.1. The van der Waals surface area contributed by atoms with Gasteiger partial charge in [0.25, 0.3) is 5.91 Å². The standard InChI is InChI=1S/C16H20N4OS/c1-17-15(21)13-7-5-12(6-8-13)10-19-16(18-2)20-11-14-4-3-9-22-14/h3-9H,10-11H2,1-2H3,(H,17,21)(H2,18,19,20). The first-order valence-corrected chi connectivity index (χ1v) is 7.89. The third kappa shape index (κ3) is 4.60. The van der Waals surface area contributed by atoms with Gasteiger partial charge in [0.2, 0.25) is 0 Å². The quantitative estimate of drug-likeness (QED) is 0.584. The molecule has 1 aromatic carbocycles. The topological polar surface area (TPSA) is 65.5 Å². The Bertz CT molecular complexity index is 620. The maximum Gasteiger partial charge on any atom is 0.251 e. The lowest BCUT2D eigenvalue weighted by molar-refractivity contribution is 0.0963. The first-order valence-electron chi connectivity index (χ1n) is 7.01. The van der Waals surface area contributed by atoms with Crippen molar-refractivity contribution in [2.24, 2.45) is 4.99 Å². The molecule has 0 aliphatic heterocycles. The van der Waals surface area contributed by atoms with E-state index in [-0.39, 0.29) is 5.91 Å². The Morgan fingerprint density at radius 2 is 1.86 bits per heavy atom. The molecule has 22 heavy (non-hydrogen) atoms. The van der Waals surface area contributed by atoms with Crippen molar-refractivity contribution in [2.45, 2.75) is 13.1 Å². The fourth-order valence-electron chi connectivity index (χ4n) is 1.91. The van der Waals surface area contributed by atoms with Gasteiger partial charge in [-0.3, -0.25) is 9.79 Å². The number of rotatable bonds is 5. The van der Waals surface area contributed by atoms with E-state index in [4.69, 9.17) is 0 Å². The zero-order chi connectivity index (χ0) is 15.8. The summed E-state index contributed by atoms with van der Waals surface area (Å²) in [5, 5.41) is 11.2. The summed E-state index contributed by atoms with van der Waals surface area (Å²) in [6, 6.07) is 11.6. The minimum Gasteiger partial charge on any atom is -0.355 e. The molecular weight excluding hydrogens is 296 g/mol. The van der Waals surface area contributed by atoms with Crippen LogP contribution < -0.4 is 16.0 Å². The van der Waals surface area contributed by atoms with Crippen LogP contribution in [0.15, 0.2) is 46.8 Å².